The summed E-state index contributed by atoms with van der Waals surface area (Å²) in [4.78, 5) is 6.42. The van der Waals surface area contributed by atoms with Gasteiger partial charge in [-0.2, -0.15) is 0 Å². The minimum atomic E-state index is -0.289. The molecule has 2 heterocycles. The monoisotopic (exact) mass is 281 g/mol. The van der Waals surface area contributed by atoms with Crippen molar-refractivity contribution in [3.05, 3.63) is 24.1 Å². The van der Waals surface area contributed by atoms with Gasteiger partial charge in [0.25, 0.3) is 0 Å². The second kappa shape index (κ2) is 7.55. The third-order valence-electron chi connectivity index (χ3n) is 3.45. The molecule has 5 heteroatoms. The average molecular weight is 281 g/mol. The summed E-state index contributed by atoms with van der Waals surface area (Å²) in [6.45, 7) is 8.08. The topological polar surface area (TPSA) is 37.4 Å². The van der Waals surface area contributed by atoms with Gasteiger partial charge in [0.2, 0.25) is 0 Å². The molecule has 1 saturated heterocycles. The molecule has 112 valence electrons. The molecule has 0 radical (unpaired) electrons. The molecule has 1 aromatic heterocycles. The van der Waals surface area contributed by atoms with Crippen LogP contribution < -0.4 is 5.32 Å². The van der Waals surface area contributed by atoms with Crippen molar-refractivity contribution in [2.24, 2.45) is 0 Å². The number of pyridine rings is 1. The molecule has 1 aliphatic heterocycles. The Kier molecular flexibility index (Phi) is 5.73. The van der Waals surface area contributed by atoms with E-state index in [2.05, 4.69) is 29.0 Å². The highest BCUT2D eigenvalue weighted by Gasteiger charge is 2.21. The Morgan fingerprint density at radius 2 is 2.10 bits per heavy atom. The van der Waals surface area contributed by atoms with E-state index in [1.807, 2.05) is 0 Å². The molecule has 4 nitrogen and oxygen atoms in total. The van der Waals surface area contributed by atoms with Crippen LogP contribution in [0.1, 0.15) is 26.7 Å². The lowest BCUT2D eigenvalue weighted by molar-refractivity contribution is -0.0681. The summed E-state index contributed by atoms with van der Waals surface area (Å²) in [6, 6.07) is 3.02. The highest BCUT2D eigenvalue weighted by molar-refractivity contribution is 5.35. The molecule has 0 saturated carbocycles. The van der Waals surface area contributed by atoms with Crippen LogP contribution in [0, 0.1) is 5.82 Å². The largest absolute Gasteiger partial charge is 0.373 e. The standard InChI is InChI=1S/C15H24FN3O/c1-12-10-19(11-13(2)20-12)9-4-3-7-17-15-14(16)6-5-8-18-15/h5-6,8,12-13H,3-4,7,9-11H2,1-2H3,(H,17,18)/t12-,13-/m0/s1. The molecule has 1 aliphatic rings. The molecule has 1 N–H and O–H groups in total. The number of ether oxygens (including phenoxy) is 1. The molecule has 1 fully saturated rings. The Balaban J connectivity index is 1.61. The highest BCUT2D eigenvalue weighted by Crippen LogP contribution is 2.12. The van der Waals surface area contributed by atoms with E-state index in [-0.39, 0.29) is 5.82 Å². The molecule has 0 bridgehead atoms. The van der Waals surface area contributed by atoms with E-state index < -0.39 is 0 Å². The van der Waals surface area contributed by atoms with Crippen molar-refractivity contribution < 1.29 is 9.13 Å². The van der Waals surface area contributed by atoms with Crippen LogP contribution in [0.25, 0.3) is 0 Å². The van der Waals surface area contributed by atoms with Crippen molar-refractivity contribution in [3.63, 3.8) is 0 Å². The lowest BCUT2D eigenvalue weighted by atomic mass is 10.2. The fraction of sp³-hybridized carbons (Fsp3) is 0.667. The number of aromatic nitrogens is 1. The van der Waals surface area contributed by atoms with Gasteiger partial charge in [-0.25, -0.2) is 9.37 Å². The Hall–Kier alpha value is -1.20. The number of morpholine rings is 1. The second-order valence-corrected chi connectivity index (χ2v) is 5.48. The number of nitrogens with one attached hydrogen (secondary N) is 1. The molecule has 0 unspecified atom stereocenters. The van der Waals surface area contributed by atoms with Crippen LogP contribution in [0.4, 0.5) is 10.2 Å². The Labute approximate surface area is 120 Å². The summed E-state index contributed by atoms with van der Waals surface area (Å²) in [5, 5.41) is 3.04. The molecule has 0 aliphatic carbocycles. The quantitative estimate of drug-likeness (QED) is 0.813. The summed E-state index contributed by atoms with van der Waals surface area (Å²) in [7, 11) is 0. The molecule has 2 atom stereocenters. The van der Waals surface area contributed by atoms with Gasteiger partial charge in [-0.15, -0.1) is 0 Å². The smallest absolute Gasteiger partial charge is 0.165 e. The molecule has 20 heavy (non-hydrogen) atoms. The van der Waals surface area contributed by atoms with Crippen LogP contribution >= 0.6 is 0 Å². The molecule has 0 aromatic carbocycles. The van der Waals surface area contributed by atoms with Gasteiger partial charge in [-0.3, -0.25) is 4.90 Å². The van der Waals surface area contributed by atoms with Crippen molar-refractivity contribution in [2.75, 3.05) is 31.5 Å². The van der Waals surface area contributed by atoms with Crippen molar-refractivity contribution in [1.29, 1.82) is 0 Å². The number of halogens is 1. The van der Waals surface area contributed by atoms with E-state index in [0.29, 0.717) is 18.0 Å². The fourth-order valence-electron chi connectivity index (χ4n) is 2.65. The molecule has 1 aromatic rings. The summed E-state index contributed by atoms with van der Waals surface area (Å²) < 4.78 is 19.0. The van der Waals surface area contributed by atoms with Crippen LogP contribution in [-0.2, 0) is 4.74 Å². The molecule has 0 spiro atoms. The Bertz CT molecular complexity index is 406. The van der Waals surface area contributed by atoms with E-state index in [4.69, 9.17) is 4.74 Å². The zero-order valence-corrected chi connectivity index (χ0v) is 12.3. The van der Waals surface area contributed by atoms with Gasteiger partial charge in [-0.05, 0) is 45.4 Å². The first-order chi connectivity index (χ1) is 9.65. The maximum absolute atomic E-state index is 13.3. The van der Waals surface area contributed by atoms with Crippen LogP contribution in [0.15, 0.2) is 18.3 Å². The minimum absolute atomic E-state index is 0.289. The number of hydrogen-bond donors (Lipinski definition) is 1. The van der Waals surface area contributed by atoms with Gasteiger partial charge in [0, 0.05) is 25.8 Å². The lowest BCUT2D eigenvalue weighted by Gasteiger charge is -2.35. The summed E-state index contributed by atoms with van der Waals surface area (Å²) in [5.41, 5.74) is 0. The average Bonchev–Trinajstić information content (AvgIpc) is 2.39. The van der Waals surface area contributed by atoms with Gasteiger partial charge < -0.3 is 10.1 Å². The van der Waals surface area contributed by atoms with Crippen molar-refractivity contribution in [1.82, 2.24) is 9.88 Å². The van der Waals surface area contributed by atoms with Crippen LogP contribution in [-0.4, -0.2) is 48.3 Å². The maximum Gasteiger partial charge on any atom is 0.165 e. The predicted molar refractivity (Wildman–Crippen MR) is 78.4 cm³/mol. The Morgan fingerprint density at radius 3 is 2.80 bits per heavy atom. The zero-order valence-electron chi connectivity index (χ0n) is 12.3. The van der Waals surface area contributed by atoms with E-state index in [0.717, 1.165) is 39.0 Å². The third kappa shape index (κ3) is 4.72. The van der Waals surface area contributed by atoms with Crippen LogP contribution in [0.2, 0.25) is 0 Å². The SMILES string of the molecule is C[C@H]1CN(CCCCNc2ncccc2F)C[C@H](C)O1. The van der Waals surface area contributed by atoms with Gasteiger partial charge in [0.15, 0.2) is 11.6 Å². The number of nitrogens with zero attached hydrogens (tertiary/aromatic N) is 2. The van der Waals surface area contributed by atoms with Gasteiger partial charge >= 0.3 is 0 Å². The minimum Gasteiger partial charge on any atom is -0.373 e. The summed E-state index contributed by atoms with van der Waals surface area (Å²) in [6.07, 6.45) is 4.35. The lowest BCUT2D eigenvalue weighted by Crippen LogP contribution is -2.45. The van der Waals surface area contributed by atoms with E-state index in [9.17, 15) is 4.39 Å². The van der Waals surface area contributed by atoms with Crippen molar-refractivity contribution >= 4 is 5.82 Å². The van der Waals surface area contributed by atoms with Crippen molar-refractivity contribution in [3.8, 4) is 0 Å². The zero-order chi connectivity index (χ0) is 14.4. The number of rotatable bonds is 6. The first kappa shape index (κ1) is 15.2. The second-order valence-electron chi connectivity index (χ2n) is 5.48. The summed E-state index contributed by atoms with van der Waals surface area (Å²) >= 11 is 0. The van der Waals surface area contributed by atoms with Gasteiger partial charge in [-0.1, -0.05) is 0 Å². The normalized spacial score (nSPS) is 23.8. The van der Waals surface area contributed by atoms with Gasteiger partial charge in [0.1, 0.15) is 0 Å². The number of unbranched alkanes of at least 4 members (excludes halogenated alkanes) is 1. The molecule has 0 amide bonds. The molecular weight excluding hydrogens is 257 g/mol. The van der Waals surface area contributed by atoms with E-state index in [1.165, 1.54) is 6.07 Å². The van der Waals surface area contributed by atoms with Crippen LogP contribution in [0.5, 0.6) is 0 Å². The highest BCUT2D eigenvalue weighted by atomic mass is 19.1. The third-order valence-corrected chi connectivity index (χ3v) is 3.45. The maximum atomic E-state index is 13.3. The first-order valence-electron chi connectivity index (χ1n) is 7.37. The first-order valence-corrected chi connectivity index (χ1v) is 7.37. The van der Waals surface area contributed by atoms with Crippen molar-refractivity contribution in [2.45, 2.75) is 38.9 Å². The van der Waals surface area contributed by atoms with E-state index in [1.54, 1.807) is 12.3 Å². The number of hydrogen-bond acceptors (Lipinski definition) is 4. The molecule has 2 rings (SSSR count). The summed E-state index contributed by atoms with van der Waals surface area (Å²) in [5.74, 6) is 0.0597. The Morgan fingerprint density at radius 1 is 1.35 bits per heavy atom. The number of anilines is 1. The molecular formula is C15H24FN3O. The van der Waals surface area contributed by atoms with E-state index >= 15 is 0 Å². The van der Waals surface area contributed by atoms with Gasteiger partial charge in [0.05, 0.1) is 12.2 Å². The van der Waals surface area contributed by atoms with Crippen LogP contribution in [0.3, 0.4) is 0 Å². The predicted octanol–water partition coefficient (Wildman–Crippen LogP) is 2.52. The fourth-order valence-corrected chi connectivity index (χ4v) is 2.65.